The summed E-state index contributed by atoms with van der Waals surface area (Å²) in [5, 5.41) is 8.03. The van der Waals surface area contributed by atoms with Gasteiger partial charge in [-0.15, -0.1) is 0 Å². The van der Waals surface area contributed by atoms with Gasteiger partial charge in [0.05, 0.1) is 25.3 Å². The van der Waals surface area contributed by atoms with Crippen LogP contribution in [0.1, 0.15) is 23.6 Å². The number of benzene rings is 2. The van der Waals surface area contributed by atoms with Crippen LogP contribution < -0.4 is 10.6 Å². The van der Waals surface area contributed by atoms with E-state index in [1.165, 1.54) is 16.7 Å². The first-order valence-corrected chi connectivity index (χ1v) is 11.0. The Labute approximate surface area is 184 Å². The van der Waals surface area contributed by atoms with Crippen molar-refractivity contribution in [1.82, 2.24) is 20.5 Å². The van der Waals surface area contributed by atoms with Crippen LogP contribution in [0.25, 0.3) is 10.9 Å². The highest BCUT2D eigenvalue weighted by Gasteiger charge is 2.13. The molecule has 2 N–H and O–H groups in total. The highest BCUT2D eigenvalue weighted by Crippen LogP contribution is 2.17. The Morgan fingerprint density at radius 1 is 0.968 bits per heavy atom. The fourth-order valence-corrected chi connectivity index (χ4v) is 3.86. The van der Waals surface area contributed by atoms with Crippen LogP contribution in [-0.2, 0) is 24.4 Å². The van der Waals surface area contributed by atoms with Gasteiger partial charge in [-0.25, -0.2) is 4.99 Å². The lowest BCUT2D eigenvalue weighted by molar-refractivity contribution is 0.0341. The molecule has 0 spiro atoms. The SMILES string of the molecule is CCNC(=NCc1ccnc2ccccc12)NCc1ccccc1CN1CCOCC1. The second-order valence-corrected chi connectivity index (χ2v) is 7.69. The monoisotopic (exact) mass is 417 g/mol. The average molecular weight is 418 g/mol. The summed E-state index contributed by atoms with van der Waals surface area (Å²) >= 11 is 0. The van der Waals surface area contributed by atoms with Gasteiger partial charge in [0.15, 0.2) is 5.96 Å². The van der Waals surface area contributed by atoms with Gasteiger partial charge in [0.1, 0.15) is 0 Å². The molecule has 0 unspecified atom stereocenters. The van der Waals surface area contributed by atoms with Gasteiger partial charge in [-0.05, 0) is 35.7 Å². The molecular weight excluding hydrogens is 386 g/mol. The number of rotatable bonds is 7. The molecule has 0 amide bonds. The molecule has 0 radical (unpaired) electrons. The van der Waals surface area contributed by atoms with E-state index in [9.17, 15) is 0 Å². The number of aliphatic imine (C=N–C) groups is 1. The zero-order valence-corrected chi connectivity index (χ0v) is 18.2. The Bertz CT molecular complexity index is 1010. The standard InChI is InChI=1S/C25H31N5O/c1-2-26-25(29-18-21-11-12-27-24-10-6-5-9-23(21)24)28-17-20-7-3-4-8-22(20)19-30-13-15-31-16-14-30/h3-12H,2,13-19H2,1H3,(H2,26,28,29). The van der Waals surface area contributed by atoms with E-state index in [0.29, 0.717) is 6.54 Å². The lowest BCUT2D eigenvalue weighted by Gasteiger charge is -2.27. The van der Waals surface area contributed by atoms with E-state index in [1.807, 2.05) is 30.5 Å². The molecule has 2 heterocycles. The molecule has 0 atom stereocenters. The predicted molar refractivity (Wildman–Crippen MR) is 126 cm³/mol. The normalized spacial score (nSPS) is 15.2. The summed E-state index contributed by atoms with van der Waals surface area (Å²) in [4.78, 5) is 11.7. The lowest BCUT2D eigenvalue weighted by atomic mass is 10.1. The molecule has 3 aromatic rings. The molecule has 0 aliphatic carbocycles. The quantitative estimate of drug-likeness (QED) is 0.456. The van der Waals surface area contributed by atoms with Crippen LogP contribution in [0, 0.1) is 0 Å². The minimum absolute atomic E-state index is 0.605. The number of fused-ring (bicyclic) bond motifs is 1. The van der Waals surface area contributed by atoms with Gasteiger partial charge < -0.3 is 15.4 Å². The first-order chi connectivity index (χ1) is 15.3. The van der Waals surface area contributed by atoms with Crippen molar-refractivity contribution < 1.29 is 4.74 Å². The Hall–Kier alpha value is -2.96. The number of ether oxygens (including phenoxy) is 1. The second kappa shape index (κ2) is 10.9. The van der Waals surface area contributed by atoms with Crippen LogP contribution in [0.5, 0.6) is 0 Å². The molecule has 0 saturated carbocycles. The molecule has 1 saturated heterocycles. The van der Waals surface area contributed by atoms with Gasteiger partial charge in [0.2, 0.25) is 0 Å². The Balaban J connectivity index is 1.44. The van der Waals surface area contributed by atoms with Crippen molar-refractivity contribution in [2.75, 3.05) is 32.8 Å². The molecule has 31 heavy (non-hydrogen) atoms. The fraction of sp³-hybridized carbons (Fsp3) is 0.360. The van der Waals surface area contributed by atoms with E-state index in [1.54, 1.807) is 0 Å². The van der Waals surface area contributed by atoms with Crippen LogP contribution in [0.15, 0.2) is 65.8 Å². The van der Waals surface area contributed by atoms with Gasteiger partial charge in [0.25, 0.3) is 0 Å². The second-order valence-electron chi connectivity index (χ2n) is 7.69. The van der Waals surface area contributed by atoms with Crippen LogP contribution in [0.4, 0.5) is 0 Å². The van der Waals surface area contributed by atoms with Crippen LogP contribution in [0.2, 0.25) is 0 Å². The molecule has 1 fully saturated rings. The zero-order chi connectivity index (χ0) is 21.3. The van der Waals surface area contributed by atoms with Gasteiger partial charge in [-0.2, -0.15) is 0 Å². The molecule has 1 aromatic heterocycles. The van der Waals surface area contributed by atoms with Crippen molar-refractivity contribution in [3.8, 4) is 0 Å². The van der Waals surface area contributed by atoms with Crippen molar-refractivity contribution in [1.29, 1.82) is 0 Å². The van der Waals surface area contributed by atoms with Crippen molar-refractivity contribution in [2.24, 2.45) is 4.99 Å². The maximum atomic E-state index is 5.48. The number of para-hydroxylation sites is 1. The lowest BCUT2D eigenvalue weighted by Crippen LogP contribution is -2.38. The van der Waals surface area contributed by atoms with E-state index < -0.39 is 0 Å². The largest absolute Gasteiger partial charge is 0.379 e. The summed E-state index contributed by atoms with van der Waals surface area (Å²) in [6, 6.07) is 18.9. The van der Waals surface area contributed by atoms with E-state index in [-0.39, 0.29) is 0 Å². The van der Waals surface area contributed by atoms with Crippen LogP contribution in [0.3, 0.4) is 0 Å². The summed E-state index contributed by atoms with van der Waals surface area (Å²) in [5.74, 6) is 0.824. The summed E-state index contributed by atoms with van der Waals surface area (Å²) in [6.07, 6.45) is 1.86. The van der Waals surface area contributed by atoms with E-state index in [4.69, 9.17) is 9.73 Å². The summed E-state index contributed by atoms with van der Waals surface area (Å²) in [5.41, 5.74) is 4.84. The van der Waals surface area contributed by atoms with Crippen molar-refractivity contribution >= 4 is 16.9 Å². The summed E-state index contributed by atoms with van der Waals surface area (Å²) < 4.78 is 5.48. The molecular formula is C25H31N5O. The summed E-state index contributed by atoms with van der Waals surface area (Å²) in [6.45, 7) is 8.83. The molecule has 1 aliphatic heterocycles. The third-order valence-electron chi connectivity index (χ3n) is 5.55. The van der Waals surface area contributed by atoms with E-state index in [2.05, 4.69) is 57.8 Å². The Kier molecular flexibility index (Phi) is 7.47. The van der Waals surface area contributed by atoms with Crippen LogP contribution in [-0.4, -0.2) is 48.7 Å². The van der Waals surface area contributed by atoms with Crippen molar-refractivity contribution in [2.45, 2.75) is 26.6 Å². The molecule has 6 nitrogen and oxygen atoms in total. The van der Waals surface area contributed by atoms with Gasteiger partial charge >= 0.3 is 0 Å². The van der Waals surface area contributed by atoms with Gasteiger partial charge in [-0.1, -0.05) is 42.5 Å². The number of pyridine rings is 1. The Morgan fingerprint density at radius 2 is 1.74 bits per heavy atom. The van der Waals surface area contributed by atoms with Gasteiger partial charge in [0, 0.05) is 44.3 Å². The highest BCUT2D eigenvalue weighted by atomic mass is 16.5. The number of nitrogens with one attached hydrogen (secondary N) is 2. The number of guanidine groups is 1. The van der Waals surface area contributed by atoms with Crippen molar-refractivity contribution in [3.63, 3.8) is 0 Å². The third kappa shape index (κ3) is 5.81. The maximum absolute atomic E-state index is 5.48. The Morgan fingerprint density at radius 3 is 2.58 bits per heavy atom. The summed E-state index contributed by atoms with van der Waals surface area (Å²) in [7, 11) is 0. The molecule has 4 rings (SSSR count). The average Bonchev–Trinajstić information content (AvgIpc) is 2.82. The predicted octanol–water partition coefficient (Wildman–Crippen LogP) is 3.32. The zero-order valence-electron chi connectivity index (χ0n) is 18.2. The van der Waals surface area contributed by atoms with Crippen LogP contribution >= 0.6 is 0 Å². The molecule has 6 heteroatoms. The first kappa shape index (κ1) is 21.3. The van der Waals surface area contributed by atoms with Gasteiger partial charge in [-0.3, -0.25) is 9.88 Å². The first-order valence-electron chi connectivity index (χ1n) is 11.0. The molecule has 0 bridgehead atoms. The number of hydrogen-bond donors (Lipinski definition) is 2. The molecule has 162 valence electrons. The smallest absolute Gasteiger partial charge is 0.191 e. The minimum Gasteiger partial charge on any atom is -0.379 e. The highest BCUT2D eigenvalue weighted by molar-refractivity contribution is 5.83. The number of hydrogen-bond acceptors (Lipinski definition) is 4. The van der Waals surface area contributed by atoms with E-state index >= 15 is 0 Å². The van der Waals surface area contributed by atoms with Crippen molar-refractivity contribution in [3.05, 3.63) is 77.5 Å². The minimum atomic E-state index is 0.605. The van der Waals surface area contributed by atoms with E-state index in [0.717, 1.165) is 62.8 Å². The molecule has 2 aromatic carbocycles. The fourth-order valence-electron chi connectivity index (χ4n) is 3.86. The maximum Gasteiger partial charge on any atom is 0.191 e. The number of nitrogens with zero attached hydrogens (tertiary/aromatic N) is 3. The number of morpholine rings is 1. The number of aromatic nitrogens is 1. The molecule has 1 aliphatic rings. The topological polar surface area (TPSA) is 61.8 Å². The third-order valence-corrected chi connectivity index (χ3v) is 5.55.